The van der Waals surface area contributed by atoms with Gasteiger partial charge in [0.15, 0.2) is 0 Å². The molecule has 1 aliphatic rings. The van der Waals surface area contributed by atoms with Gasteiger partial charge in [0.1, 0.15) is 0 Å². The number of rotatable bonds is 5. The van der Waals surface area contributed by atoms with Gasteiger partial charge < -0.3 is 11.1 Å². The number of hydrogen-bond acceptors (Lipinski definition) is 2. The first-order chi connectivity index (χ1) is 6.37. The molecule has 1 rings (SSSR count). The summed E-state index contributed by atoms with van der Waals surface area (Å²) in [6.45, 7) is 2.27. The lowest BCUT2D eigenvalue weighted by molar-refractivity contribution is -0.134. The third-order valence-electron chi connectivity index (χ3n) is 2.84. The zero-order chi connectivity index (χ0) is 10.8. The SMILES string of the molecule is CC(CN)(NCCC(F)(F)F)C1CC1.Cl. The third-order valence-corrected chi connectivity index (χ3v) is 2.84. The van der Waals surface area contributed by atoms with E-state index in [4.69, 9.17) is 5.73 Å². The van der Waals surface area contributed by atoms with Gasteiger partial charge in [0.25, 0.3) is 0 Å². The van der Waals surface area contributed by atoms with Crippen LogP contribution in [0.1, 0.15) is 26.2 Å². The van der Waals surface area contributed by atoms with Crippen LogP contribution in [0.5, 0.6) is 0 Å². The van der Waals surface area contributed by atoms with Crippen molar-refractivity contribution in [2.45, 2.75) is 37.9 Å². The van der Waals surface area contributed by atoms with Crippen molar-refractivity contribution in [3.63, 3.8) is 0 Å². The van der Waals surface area contributed by atoms with Gasteiger partial charge in [-0.15, -0.1) is 12.4 Å². The van der Waals surface area contributed by atoms with Crippen LogP contribution in [0.4, 0.5) is 13.2 Å². The van der Waals surface area contributed by atoms with Crippen LogP contribution in [0.3, 0.4) is 0 Å². The summed E-state index contributed by atoms with van der Waals surface area (Å²) in [7, 11) is 0. The summed E-state index contributed by atoms with van der Waals surface area (Å²) in [5, 5.41) is 2.92. The van der Waals surface area contributed by atoms with Crippen molar-refractivity contribution in [2.75, 3.05) is 13.1 Å². The number of nitrogens with two attached hydrogens (primary N) is 1. The van der Waals surface area contributed by atoms with Gasteiger partial charge in [-0.25, -0.2) is 0 Å². The predicted molar refractivity (Wildman–Crippen MR) is 56.1 cm³/mol. The van der Waals surface area contributed by atoms with E-state index in [-0.39, 0.29) is 24.5 Å². The van der Waals surface area contributed by atoms with Crippen molar-refractivity contribution < 1.29 is 13.2 Å². The maximum Gasteiger partial charge on any atom is 0.390 e. The summed E-state index contributed by atoms with van der Waals surface area (Å²) >= 11 is 0. The predicted octanol–water partition coefficient (Wildman–Crippen LogP) is 2.08. The Balaban J connectivity index is 0.00000196. The molecule has 1 fully saturated rings. The van der Waals surface area contributed by atoms with Crippen molar-refractivity contribution in [1.29, 1.82) is 0 Å². The summed E-state index contributed by atoms with van der Waals surface area (Å²) < 4.78 is 35.6. The first-order valence-corrected chi connectivity index (χ1v) is 4.89. The molecule has 1 unspecified atom stereocenters. The Labute approximate surface area is 94.2 Å². The van der Waals surface area contributed by atoms with E-state index < -0.39 is 12.6 Å². The molecule has 0 saturated heterocycles. The first kappa shape index (κ1) is 15.0. The quantitative estimate of drug-likeness (QED) is 0.780. The molecule has 0 radical (unpaired) electrons. The lowest BCUT2D eigenvalue weighted by atomic mass is 9.96. The zero-order valence-electron chi connectivity index (χ0n) is 8.73. The lowest BCUT2D eigenvalue weighted by Crippen LogP contribution is -2.51. The van der Waals surface area contributed by atoms with Gasteiger partial charge in [-0.05, 0) is 25.7 Å². The molecule has 15 heavy (non-hydrogen) atoms. The van der Waals surface area contributed by atoms with Crippen LogP contribution < -0.4 is 11.1 Å². The van der Waals surface area contributed by atoms with Crippen LogP contribution >= 0.6 is 12.4 Å². The first-order valence-electron chi connectivity index (χ1n) is 4.89. The summed E-state index contributed by atoms with van der Waals surface area (Å²) in [5.41, 5.74) is 5.25. The number of hydrogen-bond donors (Lipinski definition) is 2. The van der Waals surface area contributed by atoms with Gasteiger partial charge in [0.05, 0.1) is 6.42 Å². The second-order valence-corrected chi connectivity index (χ2v) is 4.19. The largest absolute Gasteiger partial charge is 0.390 e. The Morgan fingerprint density at radius 3 is 2.20 bits per heavy atom. The number of nitrogens with one attached hydrogen (secondary N) is 1. The van der Waals surface area contributed by atoms with E-state index in [1.54, 1.807) is 0 Å². The zero-order valence-corrected chi connectivity index (χ0v) is 9.55. The minimum absolute atomic E-state index is 0. The van der Waals surface area contributed by atoms with E-state index in [1.165, 1.54) is 0 Å². The van der Waals surface area contributed by atoms with Crippen molar-refractivity contribution in [1.82, 2.24) is 5.32 Å². The highest BCUT2D eigenvalue weighted by molar-refractivity contribution is 5.85. The summed E-state index contributed by atoms with van der Waals surface area (Å²) in [5.74, 6) is 0.459. The van der Waals surface area contributed by atoms with E-state index in [2.05, 4.69) is 5.32 Å². The summed E-state index contributed by atoms with van der Waals surface area (Å²) in [4.78, 5) is 0. The van der Waals surface area contributed by atoms with Crippen molar-refractivity contribution in [2.24, 2.45) is 11.7 Å². The van der Waals surface area contributed by atoms with Crippen LogP contribution in [0.15, 0.2) is 0 Å². The van der Waals surface area contributed by atoms with Crippen molar-refractivity contribution in [3.05, 3.63) is 0 Å². The monoisotopic (exact) mass is 246 g/mol. The normalized spacial score (nSPS) is 20.6. The highest BCUT2D eigenvalue weighted by Gasteiger charge is 2.40. The molecule has 92 valence electrons. The maximum atomic E-state index is 11.9. The number of alkyl halides is 3. The molecule has 0 amide bonds. The van der Waals surface area contributed by atoms with Crippen LogP contribution in [0.2, 0.25) is 0 Å². The number of halogens is 4. The molecule has 0 aromatic rings. The minimum atomic E-state index is -4.08. The molecule has 1 atom stereocenters. The average molecular weight is 247 g/mol. The fourth-order valence-electron chi connectivity index (χ4n) is 1.59. The molecule has 0 bridgehead atoms. The minimum Gasteiger partial charge on any atom is -0.329 e. The van der Waals surface area contributed by atoms with Crippen LogP contribution in [0.25, 0.3) is 0 Å². The van der Waals surface area contributed by atoms with Gasteiger partial charge >= 0.3 is 6.18 Å². The van der Waals surface area contributed by atoms with Gasteiger partial charge in [-0.2, -0.15) is 13.2 Å². The molecule has 6 heteroatoms. The van der Waals surface area contributed by atoms with Gasteiger partial charge in [0.2, 0.25) is 0 Å². The molecular weight excluding hydrogens is 229 g/mol. The van der Waals surface area contributed by atoms with E-state index in [0.29, 0.717) is 12.5 Å². The smallest absolute Gasteiger partial charge is 0.329 e. The van der Waals surface area contributed by atoms with Crippen LogP contribution in [-0.4, -0.2) is 24.8 Å². The van der Waals surface area contributed by atoms with E-state index >= 15 is 0 Å². The Hall–Kier alpha value is -0.0000000000000000555. The molecule has 0 aliphatic heterocycles. The lowest BCUT2D eigenvalue weighted by Gasteiger charge is -2.29. The van der Waals surface area contributed by atoms with Gasteiger partial charge in [-0.3, -0.25) is 0 Å². The molecule has 2 nitrogen and oxygen atoms in total. The Morgan fingerprint density at radius 2 is 1.87 bits per heavy atom. The van der Waals surface area contributed by atoms with Crippen LogP contribution in [0, 0.1) is 5.92 Å². The topological polar surface area (TPSA) is 38.0 Å². The molecule has 0 aromatic heterocycles. The summed E-state index contributed by atoms with van der Waals surface area (Å²) in [6.07, 6.45) is -2.71. The molecule has 1 aliphatic carbocycles. The molecular formula is C9H18ClF3N2. The molecule has 0 heterocycles. The highest BCUT2D eigenvalue weighted by Crippen LogP contribution is 2.39. The average Bonchev–Trinajstić information content (AvgIpc) is 2.83. The molecule has 3 N–H and O–H groups in total. The Bertz CT molecular complexity index is 194. The van der Waals surface area contributed by atoms with Crippen LogP contribution in [-0.2, 0) is 0 Å². The second kappa shape index (κ2) is 5.37. The fourth-order valence-corrected chi connectivity index (χ4v) is 1.59. The second-order valence-electron chi connectivity index (χ2n) is 4.19. The third kappa shape index (κ3) is 5.04. The Morgan fingerprint density at radius 1 is 1.33 bits per heavy atom. The standard InChI is InChI=1S/C9H17F3N2.ClH/c1-8(6-13,7-2-3-7)14-5-4-9(10,11)12;/h7,14H,2-6,13H2,1H3;1H. The Kier molecular flexibility index (Phi) is 5.37. The van der Waals surface area contributed by atoms with E-state index in [0.717, 1.165) is 12.8 Å². The highest BCUT2D eigenvalue weighted by atomic mass is 35.5. The van der Waals surface area contributed by atoms with E-state index in [9.17, 15) is 13.2 Å². The fraction of sp³-hybridized carbons (Fsp3) is 1.00. The molecule has 0 spiro atoms. The molecule has 0 aromatic carbocycles. The van der Waals surface area contributed by atoms with Crippen molar-refractivity contribution >= 4 is 12.4 Å². The van der Waals surface area contributed by atoms with E-state index in [1.807, 2.05) is 6.92 Å². The maximum absolute atomic E-state index is 11.9. The van der Waals surface area contributed by atoms with Gasteiger partial charge in [0, 0.05) is 18.6 Å². The molecule has 1 saturated carbocycles. The van der Waals surface area contributed by atoms with Gasteiger partial charge in [-0.1, -0.05) is 0 Å². The summed E-state index contributed by atoms with van der Waals surface area (Å²) in [6, 6.07) is 0. The van der Waals surface area contributed by atoms with Crippen molar-refractivity contribution in [3.8, 4) is 0 Å².